The second kappa shape index (κ2) is 6.89. The molecule has 1 heterocycles. The van der Waals surface area contributed by atoms with Crippen molar-refractivity contribution >= 4 is 11.5 Å². The monoisotopic (exact) mass is 336 g/mol. The molecule has 1 saturated heterocycles. The molecule has 0 spiro atoms. The third-order valence-corrected chi connectivity index (χ3v) is 5.43. The Morgan fingerprint density at radius 2 is 1.88 bits per heavy atom. The fourth-order valence-corrected chi connectivity index (χ4v) is 4.14. The van der Waals surface area contributed by atoms with Crippen molar-refractivity contribution < 1.29 is 9.53 Å². The lowest BCUT2D eigenvalue weighted by Gasteiger charge is -2.34. The molecule has 2 atom stereocenters. The van der Waals surface area contributed by atoms with Crippen molar-refractivity contribution in [2.45, 2.75) is 18.8 Å². The third kappa shape index (κ3) is 3.27. The number of fused-ring (bicyclic) bond motifs is 3. The van der Waals surface area contributed by atoms with Crippen molar-refractivity contribution in [1.29, 1.82) is 0 Å². The van der Waals surface area contributed by atoms with E-state index in [9.17, 15) is 4.79 Å². The molecule has 0 unspecified atom stereocenters. The summed E-state index contributed by atoms with van der Waals surface area (Å²) in [6.07, 6.45) is 1.95. The van der Waals surface area contributed by atoms with Gasteiger partial charge in [0.1, 0.15) is 5.75 Å². The van der Waals surface area contributed by atoms with E-state index in [2.05, 4.69) is 11.0 Å². The first-order valence-electron chi connectivity index (χ1n) is 9.06. The SMILES string of the molecule is Nc1ccc(OCCCN2CC[C@H]3C(=O)c4ccccc4[C@H]3C2)cc1. The Morgan fingerprint density at radius 3 is 2.72 bits per heavy atom. The number of nitrogens with zero attached hydrogens (tertiary/aromatic N) is 1. The third-order valence-electron chi connectivity index (χ3n) is 5.43. The molecule has 25 heavy (non-hydrogen) atoms. The summed E-state index contributed by atoms with van der Waals surface area (Å²) in [4.78, 5) is 15.0. The number of hydrogen-bond donors (Lipinski definition) is 1. The van der Waals surface area contributed by atoms with Gasteiger partial charge in [-0.25, -0.2) is 0 Å². The van der Waals surface area contributed by atoms with Crippen LogP contribution in [0.15, 0.2) is 48.5 Å². The molecule has 0 bridgehead atoms. The quantitative estimate of drug-likeness (QED) is 0.672. The molecule has 0 saturated carbocycles. The summed E-state index contributed by atoms with van der Waals surface area (Å²) < 4.78 is 5.78. The molecule has 1 aliphatic heterocycles. The molecule has 2 aromatic carbocycles. The first-order chi connectivity index (χ1) is 12.2. The Morgan fingerprint density at radius 1 is 1.08 bits per heavy atom. The molecule has 130 valence electrons. The van der Waals surface area contributed by atoms with Crippen molar-refractivity contribution in [2.75, 3.05) is 32.0 Å². The predicted molar refractivity (Wildman–Crippen MR) is 99.0 cm³/mol. The zero-order valence-electron chi connectivity index (χ0n) is 14.4. The molecule has 2 aliphatic rings. The fourth-order valence-electron chi connectivity index (χ4n) is 4.14. The first-order valence-corrected chi connectivity index (χ1v) is 9.06. The van der Waals surface area contributed by atoms with Gasteiger partial charge in [0, 0.05) is 36.2 Å². The molecule has 0 amide bonds. The Hall–Kier alpha value is -2.33. The number of Topliss-reactive ketones (excluding diaryl/α,β-unsaturated/α-hetero) is 1. The van der Waals surface area contributed by atoms with Gasteiger partial charge in [-0.2, -0.15) is 0 Å². The summed E-state index contributed by atoms with van der Waals surface area (Å²) in [5.41, 5.74) is 8.63. The number of carbonyl (C=O) groups is 1. The molecule has 0 aromatic heterocycles. The average molecular weight is 336 g/mol. The largest absolute Gasteiger partial charge is 0.494 e. The normalized spacial score (nSPS) is 22.5. The van der Waals surface area contributed by atoms with Crippen LogP contribution in [-0.2, 0) is 0 Å². The first kappa shape index (κ1) is 16.2. The molecule has 1 aliphatic carbocycles. The number of ether oxygens (including phenoxy) is 1. The Kier molecular flexibility index (Phi) is 4.45. The number of nitrogens with two attached hydrogens (primary N) is 1. The second-order valence-electron chi connectivity index (χ2n) is 7.02. The number of hydrogen-bond acceptors (Lipinski definition) is 4. The number of likely N-dealkylation sites (tertiary alicyclic amines) is 1. The summed E-state index contributed by atoms with van der Waals surface area (Å²) in [5.74, 6) is 1.78. The molecule has 2 N–H and O–H groups in total. The van der Waals surface area contributed by atoms with Crippen LogP contribution in [0.4, 0.5) is 5.69 Å². The highest BCUT2D eigenvalue weighted by molar-refractivity contribution is 6.03. The molecule has 4 nitrogen and oxygen atoms in total. The van der Waals surface area contributed by atoms with E-state index in [4.69, 9.17) is 10.5 Å². The zero-order chi connectivity index (χ0) is 17.2. The summed E-state index contributed by atoms with van der Waals surface area (Å²) in [7, 11) is 0. The number of nitrogen functional groups attached to an aromatic ring is 1. The minimum Gasteiger partial charge on any atom is -0.494 e. The number of carbonyl (C=O) groups excluding carboxylic acids is 1. The molecule has 2 aromatic rings. The fraction of sp³-hybridized carbons (Fsp3) is 0.381. The van der Waals surface area contributed by atoms with Crippen molar-refractivity contribution in [2.24, 2.45) is 5.92 Å². The van der Waals surface area contributed by atoms with E-state index in [-0.39, 0.29) is 5.92 Å². The van der Waals surface area contributed by atoms with E-state index in [0.717, 1.165) is 49.5 Å². The number of ketones is 1. The van der Waals surface area contributed by atoms with Crippen LogP contribution < -0.4 is 10.5 Å². The minimum absolute atomic E-state index is 0.194. The Labute approximate surface area is 148 Å². The van der Waals surface area contributed by atoms with Crippen LogP contribution in [0.5, 0.6) is 5.75 Å². The Bertz CT molecular complexity index is 757. The number of rotatable bonds is 5. The van der Waals surface area contributed by atoms with Gasteiger partial charge >= 0.3 is 0 Å². The van der Waals surface area contributed by atoms with Gasteiger partial charge in [0.15, 0.2) is 5.78 Å². The van der Waals surface area contributed by atoms with Crippen molar-refractivity contribution in [3.63, 3.8) is 0 Å². The van der Waals surface area contributed by atoms with E-state index < -0.39 is 0 Å². The van der Waals surface area contributed by atoms with Crippen LogP contribution in [0, 0.1) is 5.92 Å². The molecule has 1 fully saturated rings. The minimum atomic E-state index is 0.194. The lowest BCUT2D eigenvalue weighted by molar-refractivity contribution is 0.0835. The van der Waals surface area contributed by atoms with Crippen molar-refractivity contribution in [1.82, 2.24) is 4.90 Å². The number of benzene rings is 2. The van der Waals surface area contributed by atoms with Crippen LogP contribution in [0.2, 0.25) is 0 Å². The highest BCUT2D eigenvalue weighted by Gasteiger charge is 2.42. The summed E-state index contributed by atoms with van der Waals surface area (Å²) in [6, 6.07) is 15.7. The highest BCUT2D eigenvalue weighted by atomic mass is 16.5. The molecular formula is C21H24N2O2. The van der Waals surface area contributed by atoms with Gasteiger partial charge < -0.3 is 15.4 Å². The maximum absolute atomic E-state index is 12.5. The average Bonchev–Trinajstić information content (AvgIpc) is 2.93. The van der Waals surface area contributed by atoms with Gasteiger partial charge in [0.2, 0.25) is 0 Å². The summed E-state index contributed by atoms with van der Waals surface area (Å²) in [5, 5.41) is 0. The lowest BCUT2D eigenvalue weighted by atomic mass is 9.85. The maximum Gasteiger partial charge on any atom is 0.166 e. The summed E-state index contributed by atoms with van der Waals surface area (Å²) >= 11 is 0. The summed E-state index contributed by atoms with van der Waals surface area (Å²) in [6.45, 7) is 3.69. The van der Waals surface area contributed by atoms with Gasteiger partial charge in [0.05, 0.1) is 6.61 Å². The van der Waals surface area contributed by atoms with Crippen LogP contribution in [0.1, 0.15) is 34.7 Å². The van der Waals surface area contributed by atoms with E-state index in [1.54, 1.807) is 0 Å². The van der Waals surface area contributed by atoms with E-state index in [1.165, 1.54) is 5.56 Å². The smallest absolute Gasteiger partial charge is 0.166 e. The van der Waals surface area contributed by atoms with Crippen LogP contribution in [0.3, 0.4) is 0 Å². The van der Waals surface area contributed by atoms with Crippen molar-refractivity contribution in [3.8, 4) is 5.75 Å². The highest BCUT2D eigenvalue weighted by Crippen LogP contribution is 2.42. The zero-order valence-corrected chi connectivity index (χ0v) is 14.4. The van der Waals surface area contributed by atoms with Gasteiger partial charge in [-0.15, -0.1) is 0 Å². The standard InChI is InChI=1S/C21H24N2O2/c22-15-6-8-16(9-7-15)25-13-3-11-23-12-10-19-20(14-23)17-4-1-2-5-18(17)21(19)24/h1-2,4-9,19-20H,3,10-14,22H2/t19-,20-/m1/s1. The molecular weight excluding hydrogens is 312 g/mol. The van der Waals surface area contributed by atoms with Gasteiger partial charge in [-0.05, 0) is 49.2 Å². The number of piperidine rings is 1. The predicted octanol–water partition coefficient (Wildman–Crippen LogP) is 3.34. The lowest BCUT2D eigenvalue weighted by Crippen LogP contribution is -2.39. The van der Waals surface area contributed by atoms with E-state index in [1.807, 2.05) is 42.5 Å². The maximum atomic E-state index is 12.5. The van der Waals surface area contributed by atoms with Gasteiger partial charge in [-0.1, -0.05) is 24.3 Å². The number of anilines is 1. The van der Waals surface area contributed by atoms with Gasteiger partial charge in [0.25, 0.3) is 0 Å². The van der Waals surface area contributed by atoms with Crippen molar-refractivity contribution in [3.05, 3.63) is 59.7 Å². The second-order valence-corrected chi connectivity index (χ2v) is 7.02. The van der Waals surface area contributed by atoms with E-state index >= 15 is 0 Å². The Balaban J connectivity index is 1.29. The van der Waals surface area contributed by atoms with Crippen LogP contribution in [0.25, 0.3) is 0 Å². The van der Waals surface area contributed by atoms with Crippen LogP contribution >= 0.6 is 0 Å². The van der Waals surface area contributed by atoms with E-state index in [0.29, 0.717) is 18.3 Å². The van der Waals surface area contributed by atoms with Gasteiger partial charge in [-0.3, -0.25) is 4.79 Å². The molecule has 0 radical (unpaired) electrons. The van der Waals surface area contributed by atoms with Crippen LogP contribution in [-0.4, -0.2) is 36.9 Å². The topological polar surface area (TPSA) is 55.6 Å². The molecule has 4 heteroatoms. The molecule has 4 rings (SSSR count).